The SMILES string of the molecule is Cc1[nH]nc(NC(=O)COc2ccc(Cl)cc2)c1N. The van der Waals surface area contributed by atoms with Crippen LogP contribution in [0.5, 0.6) is 5.75 Å². The summed E-state index contributed by atoms with van der Waals surface area (Å²) < 4.78 is 5.29. The fourth-order valence-electron chi connectivity index (χ4n) is 1.38. The molecule has 0 aliphatic rings. The average molecular weight is 281 g/mol. The van der Waals surface area contributed by atoms with Gasteiger partial charge in [0.2, 0.25) is 0 Å². The molecule has 0 aliphatic heterocycles. The molecule has 0 bridgehead atoms. The predicted molar refractivity (Wildman–Crippen MR) is 73.3 cm³/mol. The van der Waals surface area contributed by atoms with Crippen molar-refractivity contribution in [3.05, 3.63) is 35.0 Å². The molecule has 0 atom stereocenters. The number of amides is 1. The molecule has 4 N–H and O–H groups in total. The fourth-order valence-corrected chi connectivity index (χ4v) is 1.51. The topological polar surface area (TPSA) is 93.0 Å². The molecule has 2 aromatic rings. The first kappa shape index (κ1) is 13.2. The van der Waals surface area contributed by atoms with Crippen LogP contribution in [0.1, 0.15) is 5.69 Å². The third kappa shape index (κ3) is 3.38. The van der Waals surface area contributed by atoms with Gasteiger partial charge in [-0.2, -0.15) is 5.10 Å². The highest BCUT2D eigenvalue weighted by Crippen LogP contribution is 2.18. The number of aromatic nitrogens is 2. The van der Waals surface area contributed by atoms with Crippen molar-refractivity contribution in [2.24, 2.45) is 0 Å². The lowest BCUT2D eigenvalue weighted by atomic mass is 10.3. The summed E-state index contributed by atoms with van der Waals surface area (Å²) in [5, 5.41) is 9.71. The molecule has 0 radical (unpaired) electrons. The molecule has 1 amide bonds. The summed E-state index contributed by atoms with van der Waals surface area (Å²) >= 11 is 5.74. The average Bonchev–Trinajstić information content (AvgIpc) is 2.70. The van der Waals surface area contributed by atoms with Crippen LogP contribution in [0.25, 0.3) is 0 Å². The van der Waals surface area contributed by atoms with Crippen molar-refractivity contribution in [2.75, 3.05) is 17.7 Å². The van der Waals surface area contributed by atoms with E-state index in [2.05, 4.69) is 15.5 Å². The molecule has 100 valence electrons. The highest BCUT2D eigenvalue weighted by atomic mass is 35.5. The van der Waals surface area contributed by atoms with E-state index in [-0.39, 0.29) is 12.5 Å². The molecule has 0 aliphatic carbocycles. The Balaban J connectivity index is 1.88. The van der Waals surface area contributed by atoms with E-state index in [1.54, 1.807) is 31.2 Å². The Kier molecular flexibility index (Phi) is 3.91. The van der Waals surface area contributed by atoms with Gasteiger partial charge in [0.1, 0.15) is 5.75 Å². The molecule has 1 aromatic carbocycles. The lowest BCUT2D eigenvalue weighted by Gasteiger charge is -2.06. The molecule has 7 heteroatoms. The number of halogens is 1. The minimum atomic E-state index is -0.340. The molecule has 0 spiro atoms. The summed E-state index contributed by atoms with van der Waals surface area (Å²) in [6, 6.07) is 6.74. The zero-order valence-corrected chi connectivity index (χ0v) is 11.0. The monoisotopic (exact) mass is 280 g/mol. The van der Waals surface area contributed by atoms with Gasteiger partial charge in [-0.15, -0.1) is 0 Å². The summed E-state index contributed by atoms with van der Waals surface area (Å²) in [5.41, 5.74) is 6.83. The maximum Gasteiger partial charge on any atom is 0.263 e. The lowest BCUT2D eigenvalue weighted by molar-refractivity contribution is -0.118. The van der Waals surface area contributed by atoms with E-state index < -0.39 is 0 Å². The second-order valence-electron chi connectivity index (χ2n) is 3.90. The first-order valence-corrected chi connectivity index (χ1v) is 5.92. The number of benzene rings is 1. The number of aryl methyl sites for hydroxylation is 1. The number of carbonyl (C=O) groups is 1. The number of H-pyrrole nitrogens is 1. The van der Waals surface area contributed by atoms with E-state index in [9.17, 15) is 4.79 Å². The van der Waals surface area contributed by atoms with Gasteiger partial charge in [0.15, 0.2) is 12.4 Å². The Morgan fingerprint density at radius 1 is 1.47 bits per heavy atom. The number of anilines is 2. The Morgan fingerprint density at radius 3 is 2.74 bits per heavy atom. The molecule has 2 rings (SSSR count). The number of nitrogens with two attached hydrogens (primary N) is 1. The van der Waals surface area contributed by atoms with Crippen LogP contribution in [-0.2, 0) is 4.79 Å². The van der Waals surface area contributed by atoms with Crippen LogP contribution >= 0.6 is 11.6 Å². The minimum Gasteiger partial charge on any atom is -0.484 e. The van der Waals surface area contributed by atoms with Gasteiger partial charge in [-0.05, 0) is 31.2 Å². The molecule has 0 fully saturated rings. The van der Waals surface area contributed by atoms with Crippen molar-refractivity contribution in [3.8, 4) is 5.75 Å². The number of rotatable bonds is 4. The summed E-state index contributed by atoms with van der Waals surface area (Å²) in [6.45, 7) is 1.63. The zero-order valence-electron chi connectivity index (χ0n) is 10.2. The quantitative estimate of drug-likeness (QED) is 0.798. The number of aromatic amines is 1. The van der Waals surface area contributed by atoms with Crippen molar-refractivity contribution >= 4 is 29.0 Å². The molecule has 19 heavy (non-hydrogen) atoms. The first-order valence-electron chi connectivity index (χ1n) is 5.55. The van der Waals surface area contributed by atoms with Gasteiger partial charge < -0.3 is 15.8 Å². The lowest BCUT2D eigenvalue weighted by Crippen LogP contribution is -2.20. The molecular weight excluding hydrogens is 268 g/mol. The minimum absolute atomic E-state index is 0.132. The molecule has 1 aromatic heterocycles. The Labute approximate surface area is 114 Å². The number of hydrogen-bond acceptors (Lipinski definition) is 4. The predicted octanol–water partition coefficient (Wildman–Crippen LogP) is 1.97. The Morgan fingerprint density at radius 2 is 2.16 bits per heavy atom. The normalized spacial score (nSPS) is 10.2. The van der Waals surface area contributed by atoms with E-state index in [1.165, 1.54) is 0 Å². The maximum atomic E-state index is 11.6. The summed E-state index contributed by atoms with van der Waals surface area (Å²) in [4.78, 5) is 11.6. The summed E-state index contributed by atoms with van der Waals surface area (Å²) in [5.74, 6) is 0.529. The number of nitrogen functional groups attached to an aromatic ring is 1. The van der Waals surface area contributed by atoms with Crippen molar-refractivity contribution in [1.82, 2.24) is 10.2 Å². The van der Waals surface area contributed by atoms with Gasteiger partial charge >= 0.3 is 0 Å². The van der Waals surface area contributed by atoms with E-state index in [1.807, 2.05) is 0 Å². The van der Waals surface area contributed by atoms with Gasteiger partial charge in [-0.3, -0.25) is 9.89 Å². The van der Waals surface area contributed by atoms with Crippen molar-refractivity contribution in [1.29, 1.82) is 0 Å². The van der Waals surface area contributed by atoms with E-state index in [4.69, 9.17) is 22.1 Å². The van der Waals surface area contributed by atoms with Gasteiger partial charge in [0.05, 0.1) is 11.4 Å². The number of nitrogens with one attached hydrogen (secondary N) is 2. The number of carbonyl (C=O) groups excluding carboxylic acids is 1. The summed E-state index contributed by atoms with van der Waals surface area (Å²) in [6.07, 6.45) is 0. The van der Waals surface area contributed by atoms with E-state index in [0.29, 0.717) is 28.0 Å². The highest BCUT2D eigenvalue weighted by Gasteiger charge is 2.10. The molecule has 6 nitrogen and oxygen atoms in total. The van der Waals surface area contributed by atoms with Gasteiger partial charge in [-0.1, -0.05) is 11.6 Å². The van der Waals surface area contributed by atoms with Gasteiger partial charge in [-0.25, -0.2) is 0 Å². The number of nitrogens with zero attached hydrogens (tertiary/aromatic N) is 1. The molecule has 0 saturated carbocycles. The maximum absolute atomic E-state index is 11.6. The highest BCUT2D eigenvalue weighted by molar-refractivity contribution is 6.30. The van der Waals surface area contributed by atoms with E-state index in [0.717, 1.165) is 0 Å². The second-order valence-corrected chi connectivity index (χ2v) is 4.34. The molecular formula is C12H13ClN4O2. The Hall–Kier alpha value is -2.21. The Bertz CT molecular complexity index is 580. The first-order chi connectivity index (χ1) is 9.06. The van der Waals surface area contributed by atoms with Crippen LogP contribution in [0.4, 0.5) is 11.5 Å². The fraction of sp³-hybridized carbons (Fsp3) is 0.167. The van der Waals surface area contributed by atoms with Crippen molar-refractivity contribution < 1.29 is 9.53 Å². The largest absolute Gasteiger partial charge is 0.484 e. The standard InChI is InChI=1S/C12H13ClN4O2/c1-7-11(14)12(17-16-7)15-10(18)6-19-9-4-2-8(13)3-5-9/h2-5H,6,14H2,1H3,(H2,15,16,17,18). The molecule has 1 heterocycles. The van der Waals surface area contributed by atoms with Crippen LogP contribution in [0.3, 0.4) is 0 Å². The van der Waals surface area contributed by atoms with Crippen LogP contribution in [0.2, 0.25) is 5.02 Å². The van der Waals surface area contributed by atoms with E-state index >= 15 is 0 Å². The smallest absolute Gasteiger partial charge is 0.263 e. The van der Waals surface area contributed by atoms with Gasteiger partial charge in [0, 0.05) is 5.02 Å². The van der Waals surface area contributed by atoms with Crippen LogP contribution in [0, 0.1) is 6.92 Å². The van der Waals surface area contributed by atoms with Crippen LogP contribution in [-0.4, -0.2) is 22.7 Å². The van der Waals surface area contributed by atoms with Crippen molar-refractivity contribution in [3.63, 3.8) is 0 Å². The molecule has 0 unspecified atom stereocenters. The van der Waals surface area contributed by atoms with Crippen LogP contribution < -0.4 is 15.8 Å². The zero-order chi connectivity index (χ0) is 13.8. The molecule has 0 saturated heterocycles. The number of ether oxygens (including phenoxy) is 1. The third-order valence-electron chi connectivity index (χ3n) is 2.44. The second kappa shape index (κ2) is 5.62. The van der Waals surface area contributed by atoms with Crippen LogP contribution in [0.15, 0.2) is 24.3 Å². The number of hydrogen-bond donors (Lipinski definition) is 3. The third-order valence-corrected chi connectivity index (χ3v) is 2.69. The van der Waals surface area contributed by atoms with Crippen molar-refractivity contribution in [2.45, 2.75) is 6.92 Å². The van der Waals surface area contributed by atoms with Gasteiger partial charge in [0.25, 0.3) is 5.91 Å². The summed E-state index contributed by atoms with van der Waals surface area (Å²) in [7, 11) is 0.